The van der Waals surface area contributed by atoms with E-state index >= 15 is 0 Å². The molecule has 0 saturated carbocycles. The normalized spacial score (nSPS) is 24.4. The first kappa shape index (κ1) is 14.1. The average molecular weight is 260 g/mol. The van der Waals surface area contributed by atoms with Crippen LogP contribution in [-0.2, 0) is 4.79 Å². The molecule has 1 aliphatic heterocycles. The number of hydrogen-bond donors (Lipinski definition) is 1. The smallest absolute Gasteiger partial charge is 0.223 e. The molecule has 1 aromatic rings. The topological polar surface area (TPSA) is 46.3 Å². The largest absolute Gasteiger partial charge is 0.334 e. The van der Waals surface area contributed by atoms with Crippen molar-refractivity contribution in [2.75, 3.05) is 6.54 Å². The molecule has 1 saturated heterocycles. The van der Waals surface area contributed by atoms with Gasteiger partial charge in [0.05, 0.1) is 6.04 Å². The van der Waals surface area contributed by atoms with E-state index in [2.05, 4.69) is 32.0 Å². The predicted octanol–water partition coefficient (Wildman–Crippen LogP) is 2.70. The van der Waals surface area contributed by atoms with Crippen LogP contribution in [0.1, 0.15) is 48.9 Å². The molecule has 0 spiro atoms. The van der Waals surface area contributed by atoms with Crippen LogP contribution in [0.15, 0.2) is 18.2 Å². The molecule has 3 heteroatoms. The van der Waals surface area contributed by atoms with Crippen molar-refractivity contribution < 1.29 is 4.79 Å². The molecule has 104 valence electrons. The van der Waals surface area contributed by atoms with E-state index in [0.717, 1.165) is 19.4 Å². The summed E-state index contributed by atoms with van der Waals surface area (Å²) >= 11 is 0. The molecule has 1 amide bonds. The number of likely N-dealkylation sites (tertiary alicyclic amines) is 1. The number of amides is 1. The van der Waals surface area contributed by atoms with Gasteiger partial charge in [-0.15, -0.1) is 0 Å². The lowest BCUT2D eigenvalue weighted by molar-refractivity contribution is -0.133. The third kappa shape index (κ3) is 2.81. The van der Waals surface area contributed by atoms with Gasteiger partial charge in [-0.05, 0) is 44.7 Å². The molecule has 0 bridgehead atoms. The number of nitrogens with zero attached hydrogens (tertiary/aromatic N) is 1. The summed E-state index contributed by atoms with van der Waals surface area (Å²) in [5.74, 6) is 0.237. The van der Waals surface area contributed by atoms with E-state index in [9.17, 15) is 4.79 Å². The summed E-state index contributed by atoms with van der Waals surface area (Å²) in [6, 6.07) is 6.48. The van der Waals surface area contributed by atoms with Crippen molar-refractivity contribution in [3.63, 3.8) is 0 Å². The van der Waals surface area contributed by atoms with Crippen molar-refractivity contribution in [2.45, 2.75) is 52.1 Å². The molecule has 1 aromatic carbocycles. The van der Waals surface area contributed by atoms with Gasteiger partial charge in [0, 0.05) is 19.0 Å². The Hall–Kier alpha value is -1.35. The number of aryl methyl sites for hydroxylation is 2. The molecular formula is C16H24N2O. The SMILES string of the molecule is CCN1C(=O)CCCC(N)C1c1ccc(C)cc1C. The molecule has 2 unspecified atom stereocenters. The van der Waals surface area contributed by atoms with E-state index in [1.54, 1.807) is 0 Å². The third-order valence-corrected chi connectivity index (χ3v) is 4.07. The molecule has 1 fully saturated rings. The molecule has 3 nitrogen and oxygen atoms in total. The van der Waals surface area contributed by atoms with E-state index < -0.39 is 0 Å². The molecule has 0 aliphatic carbocycles. The van der Waals surface area contributed by atoms with Crippen LogP contribution < -0.4 is 5.73 Å². The van der Waals surface area contributed by atoms with Gasteiger partial charge in [-0.1, -0.05) is 23.8 Å². The van der Waals surface area contributed by atoms with Crippen molar-refractivity contribution in [1.29, 1.82) is 0 Å². The third-order valence-electron chi connectivity index (χ3n) is 4.07. The first-order valence-corrected chi connectivity index (χ1v) is 7.16. The zero-order valence-electron chi connectivity index (χ0n) is 12.1. The zero-order chi connectivity index (χ0) is 14.0. The van der Waals surface area contributed by atoms with Gasteiger partial charge in [-0.25, -0.2) is 0 Å². The van der Waals surface area contributed by atoms with Crippen molar-refractivity contribution in [3.8, 4) is 0 Å². The Balaban J connectivity index is 2.44. The molecule has 0 aromatic heterocycles. The number of rotatable bonds is 2. The zero-order valence-corrected chi connectivity index (χ0v) is 12.1. The van der Waals surface area contributed by atoms with Gasteiger partial charge < -0.3 is 10.6 Å². The minimum absolute atomic E-state index is 0.0283. The van der Waals surface area contributed by atoms with Crippen molar-refractivity contribution in [1.82, 2.24) is 4.90 Å². The average Bonchev–Trinajstić information content (AvgIpc) is 2.49. The molecule has 19 heavy (non-hydrogen) atoms. The number of likely N-dealkylation sites (N-methyl/N-ethyl adjacent to an activating group) is 1. The highest BCUT2D eigenvalue weighted by Gasteiger charge is 2.32. The maximum absolute atomic E-state index is 12.2. The Kier molecular flexibility index (Phi) is 4.25. The Bertz CT molecular complexity index is 470. The first-order valence-electron chi connectivity index (χ1n) is 7.16. The van der Waals surface area contributed by atoms with Crippen LogP contribution in [0.25, 0.3) is 0 Å². The summed E-state index contributed by atoms with van der Waals surface area (Å²) in [7, 11) is 0. The number of carbonyl (C=O) groups is 1. The molecule has 1 heterocycles. The van der Waals surface area contributed by atoms with Crippen LogP contribution >= 0.6 is 0 Å². The Morgan fingerprint density at radius 1 is 1.37 bits per heavy atom. The van der Waals surface area contributed by atoms with Gasteiger partial charge >= 0.3 is 0 Å². The fraction of sp³-hybridized carbons (Fsp3) is 0.562. The fourth-order valence-corrected chi connectivity index (χ4v) is 3.11. The quantitative estimate of drug-likeness (QED) is 0.888. The van der Waals surface area contributed by atoms with Crippen LogP contribution in [0.3, 0.4) is 0 Å². The Morgan fingerprint density at radius 2 is 2.11 bits per heavy atom. The lowest BCUT2D eigenvalue weighted by Crippen LogP contribution is -2.42. The van der Waals surface area contributed by atoms with E-state index in [4.69, 9.17) is 5.73 Å². The van der Waals surface area contributed by atoms with Crippen molar-refractivity contribution in [2.24, 2.45) is 5.73 Å². The van der Waals surface area contributed by atoms with Crippen LogP contribution in [0.2, 0.25) is 0 Å². The van der Waals surface area contributed by atoms with E-state index in [1.165, 1.54) is 16.7 Å². The van der Waals surface area contributed by atoms with E-state index in [-0.39, 0.29) is 18.0 Å². The summed E-state index contributed by atoms with van der Waals surface area (Å²) in [4.78, 5) is 14.2. The van der Waals surface area contributed by atoms with E-state index in [1.807, 2.05) is 11.8 Å². The van der Waals surface area contributed by atoms with Crippen LogP contribution in [0.5, 0.6) is 0 Å². The number of benzene rings is 1. The van der Waals surface area contributed by atoms with Gasteiger partial charge in [0.2, 0.25) is 5.91 Å². The van der Waals surface area contributed by atoms with E-state index in [0.29, 0.717) is 6.42 Å². The first-order chi connectivity index (χ1) is 9.04. The fourth-order valence-electron chi connectivity index (χ4n) is 3.11. The van der Waals surface area contributed by atoms with Gasteiger partial charge in [-0.2, -0.15) is 0 Å². The highest BCUT2D eigenvalue weighted by molar-refractivity contribution is 5.77. The molecule has 2 rings (SSSR count). The van der Waals surface area contributed by atoms with Gasteiger partial charge in [0.1, 0.15) is 0 Å². The van der Waals surface area contributed by atoms with Crippen LogP contribution in [0, 0.1) is 13.8 Å². The number of hydrogen-bond acceptors (Lipinski definition) is 2. The lowest BCUT2D eigenvalue weighted by atomic mass is 9.92. The second-order valence-electron chi connectivity index (χ2n) is 5.54. The van der Waals surface area contributed by atoms with Crippen LogP contribution in [0.4, 0.5) is 0 Å². The van der Waals surface area contributed by atoms with Gasteiger partial charge in [0.25, 0.3) is 0 Å². The second-order valence-corrected chi connectivity index (χ2v) is 5.54. The summed E-state index contributed by atoms with van der Waals surface area (Å²) in [5, 5.41) is 0. The summed E-state index contributed by atoms with van der Waals surface area (Å²) < 4.78 is 0. The number of carbonyl (C=O) groups excluding carboxylic acids is 1. The monoisotopic (exact) mass is 260 g/mol. The van der Waals surface area contributed by atoms with Crippen molar-refractivity contribution >= 4 is 5.91 Å². The highest BCUT2D eigenvalue weighted by Crippen LogP contribution is 2.32. The summed E-state index contributed by atoms with van der Waals surface area (Å²) in [6.07, 6.45) is 2.45. The maximum Gasteiger partial charge on any atom is 0.223 e. The highest BCUT2D eigenvalue weighted by atomic mass is 16.2. The summed E-state index contributed by atoms with van der Waals surface area (Å²) in [6.45, 7) is 6.96. The minimum atomic E-state index is 0.0283. The molecule has 2 N–H and O–H groups in total. The second kappa shape index (κ2) is 5.74. The summed E-state index contributed by atoms with van der Waals surface area (Å²) in [5.41, 5.74) is 10.0. The lowest BCUT2D eigenvalue weighted by Gasteiger charge is -2.34. The Labute approximate surface area is 115 Å². The molecule has 1 aliphatic rings. The maximum atomic E-state index is 12.2. The van der Waals surface area contributed by atoms with Gasteiger partial charge in [-0.3, -0.25) is 4.79 Å². The predicted molar refractivity (Wildman–Crippen MR) is 77.9 cm³/mol. The number of nitrogens with two attached hydrogens (primary N) is 1. The molecule has 0 radical (unpaired) electrons. The van der Waals surface area contributed by atoms with Gasteiger partial charge in [0.15, 0.2) is 0 Å². The molecule has 2 atom stereocenters. The van der Waals surface area contributed by atoms with Crippen molar-refractivity contribution in [3.05, 3.63) is 34.9 Å². The Morgan fingerprint density at radius 3 is 2.74 bits per heavy atom. The molecular weight excluding hydrogens is 236 g/mol. The standard InChI is InChI=1S/C16H24N2O/c1-4-18-15(19)7-5-6-14(17)16(18)13-9-8-11(2)10-12(13)3/h8-10,14,16H,4-7,17H2,1-3H3. The van der Waals surface area contributed by atoms with Crippen LogP contribution in [-0.4, -0.2) is 23.4 Å². The minimum Gasteiger partial charge on any atom is -0.334 e.